The van der Waals surface area contributed by atoms with E-state index >= 15 is 0 Å². The number of hydrogen-bond donors (Lipinski definition) is 2. The van der Waals surface area contributed by atoms with E-state index in [1.54, 1.807) is 36.4 Å². The van der Waals surface area contributed by atoms with E-state index in [0.29, 0.717) is 22.6 Å². The van der Waals surface area contributed by atoms with E-state index in [-0.39, 0.29) is 29.1 Å². The highest BCUT2D eigenvalue weighted by atomic mass is 16.3. The van der Waals surface area contributed by atoms with Crippen molar-refractivity contribution in [3.05, 3.63) is 71.3 Å². The predicted molar refractivity (Wildman–Crippen MR) is 117 cm³/mol. The van der Waals surface area contributed by atoms with Crippen molar-refractivity contribution in [1.82, 2.24) is 5.32 Å². The van der Waals surface area contributed by atoms with Crippen molar-refractivity contribution in [2.24, 2.45) is 16.7 Å². The molecule has 2 aliphatic carbocycles. The zero-order valence-electron chi connectivity index (χ0n) is 18.1. The maximum Gasteiger partial charge on any atom is 0.251 e. The molecule has 0 radical (unpaired) electrons. The van der Waals surface area contributed by atoms with Gasteiger partial charge in [-0.2, -0.15) is 0 Å². The lowest BCUT2D eigenvalue weighted by Crippen LogP contribution is -2.55. The predicted octanol–water partition coefficient (Wildman–Crippen LogP) is 4.61. The highest BCUT2D eigenvalue weighted by Gasteiger charge is 2.69. The normalized spacial score (nSPS) is 29.0. The van der Waals surface area contributed by atoms with Crippen LogP contribution >= 0.6 is 0 Å². The van der Waals surface area contributed by atoms with Crippen LogP contribution in [0, 0.1) is 16.7 Å². The van der Waals surface area contributed by atoms with Gasteiger partial charge in [-0.15, -0.1) is 0 Å². The minimum Gasteiger partial charge on any atom is -0.387 e. The van der Waals surface area contributed by atoms with Gasteiger partial charge in [0.2, 0.25) is 0 Å². The van der Waals surface area contributed by atoms with Crippen LogP contribution in [0.3, 0.4) is 0 Å². The number of ketones is 1. The summed E-state index contributed by atoms with van der Waals surface area (Å²) < 4.78 is 0. The van der Waals surface area contributed by atoms with Crippen LogP contribution in [0.4, 0.5) is 0 Å². The Morgan fingerprint density at radius 1 is 1.00 bits per heavy atom. The first-order valence-corrected chi connectivity index (χ1v) is 10.9. The van der Waals surface area contributed by atoms with Crippen LogP contribution in [0.5, 0.6) is 0 Å². The molecule has 4 heteroatoms. The average Bonchev–Trinajstić information content (AvgIpc) is 3.11. The highest BCUT2D eigenvalue weighted by molar-refractivity contribution is 6.09. The SMILES string of the molecule is CCC12CCC(C[C@]1(O)CNC(=O)c1ccc(C(=O)c3ccccc3)cc1)C2(C)C. The zero-order chi connectivity index (χ0) is 21.6. The summed E-state index contributed by atoms with van der Waals surface area (Å²) in [5, 5.41) is 14.5. The number of aliphatic hydroxyl groups is 1. The van der Waals surface area contributed by atoms with E-state index in [9.17, 15) is 14.7 Å². The fourth-order valence-corrected chi connectivity index (χ4v) is 6.35. The molecule has 4 nitrogen and oxygen atoms in total. The van der Waals surface area contributed by atoms with Gasteiger partial charge in [0.25, 0.3) is 5.91 Å². The van der Waals surface area contributed by atoms with Gasteiger partial charge in [-0.3, -0.25) is 9.59 Å². The zero-order valence-corrected chi connectivity index (χ0v) is 18.1. The van der Waals surface area contributed by atoms with Crippen LogP contribution in [0.15, 0.2) is 54.6 Å². The van der Waals surface area contributed by atoms with Crippen LogP contribution in [0.1, 0.15) is 72.7 Å². The van der Waals surface area contributed by atoms with Crippen LogP contribution in [-0.4, -0.2) is 28.9 Å². The average molecular weight is 406 g/mol. The molecule has 0 spiro atoms. The van der Waals surface area contributed by atoms with Gasteiger partial charge < -0.3 is 10.4 Å². The Bertz CT molecular complexity index is 950. The number of nitrogens with one attached hydrogen (secondary N) is 1. The van der Waals surface area contributed by atoms with Crippen molar-refractivity contribution >= 4 is 11.7 Å². The van der Waals surface area contributed by atoms with Crippen LogP contribution in [0.2, 0.25) is 0 Å². The van der Waals surface area contributed by atoms with E-state index in [2.05, 4.69) is 26.1 Å². The van der Waals surface area contributed by atoms with E-state index in [1.165, 1.54) is 0 Å². The molecule has 0 aliphatic heterocycles. The third-order valence-corrected chi connectivity index (χ3v) is 8.24. The highest BCUT2D eigenvalue weighted by Crippen LogP contribution is 2.71. The van der Waals surface area contributed by atoms with Crippen molar-refractivity contribution in [3.63, 3.8) is 0 Å². The third-order valence-electron chi connectivity index (χ3n) is 8.24. The molecule has 0 saturated heterocycles. The van der Waals surface area contributed by atoms with Crippen molar-refractivity contribution in [2.45, 2.75) is 52.1 Å². The van der Waals surface area contributed by atoms with Gasteiger partial charge in [0, 0.05) is 28.7 Å². The molecule has 0 heterocycles. The number of hydrogen-bond acceptors (Lipinski definition) is 3. The van der Waals surface area contributed by atoms with Crippen molar-refractivity contribution in [3.8, 4) is 0 Å². The lowest BCUT2D eigenvalue weighted by Gasteiger charge is -2.47. The summed E-state index contributed by atoms with van der Waals surface area (Å²) in [5.74, 6) is 0.225. The first-order chi connectivity index (χ1) is 14.2. The number of amides is 1. The molecular weight excluding hydrogens is 374 g/mol. The first-order valence-electron chi connectivity index (χ1n) is 10.9. The fourth-order valence-electron chi connectivity index (χ4n) is 6.35. The molecule has 2 saturated carbocycles. The molecule has 2 aliphatic rings. The maximum atomic E-state index is 12.7. The molecule has 4 rings (SSSR count). The van der Waals surface area contributed by atoms with Gasteiger partial charge in [0.05, 0.1) is 5.60 Å². The van der Waals surface area contributed by atoms with Crippen LogP contribution < -0.4 is 5.32 Å². The maximum absolute atomic E-state index is 12.7. The topological polar surface area (TPSA) is 66.4 Å². The van der Waals surface area contributed by atoms with Crippen molar-refractivity contribution in [2.75, 3.05) is 6.54 Å². The molecule has 2 N–H and O–H groups in total. The summed E-state index contributed by atoms with van der Waals surface area (Å²) in [6.45, 7) is 6.97. The summed E-state index contributed by atoms with van der Waals surface area (Å²) in [4.78, 5) is 25.3. The van der Waals surface area contributed by atoms with Crippen LogP contribution in [-0.2, 0) is 0 Å². The van der Waals surface area contributed by atoms with E-state index in [1.807, 2.05) is 18.2 Å². The Kier molecular flexibility index (Phi) is 5.09. The molecule has 2 fully saturated rings. The molecule has 3 atom stereocenters. The molecule has 2 aromatic rings. The standard InChI is InChI=1S/C26H31NO3/c1-4-25-15-14-21(24(25,2)3)16-26(25,30)17-27-23(29)20-12-10-19(11-13-20)22(28)18-8-6-5-7-9-18/h5-13,21,30H,4,14-17H2,1-3H3,(H,27,29)/t21?,25?,26-/m0/s1. The molecule has 30 heavy (non-hydrogen) atoms. The summed E-state index contributed by atoms with van der Waals surface area (Å²) in [7, 11) is 0. The second-order valence-electron chi connectivity index (χ2n) is 9.58. The van der Waals surface area contributed by atoms with Gasteiger partial charge in [-0.05, 0) is 49.1 Å². The monoisotopic (exact) mass is 405 g/mol. The molecule has 2 unspecified atom stereocenters. The number of carbonyl (C=O) groups is 2. The Morgan fingerprint density at radius 3 is 2.20 bits per heavy atom. The summed E-state index contributed by atoms with van der Waals surface area (Å²) >= 11 is 0. The lowest BCUT2D eigenvalue weighted by molar-refractivity contribution is -0.0990. The van der Waals surface area contributed by atoms with E-state index in [0.717, 1.165) is 25.7 Å². The Balaban J connectivity index is 1.44. The molecule has 158 valence electrons. The number of fused-ring (bicyclic) bond motifs is 2. The van der Waals surface area contributed by atoms with E-state index < -0.39 is 5.60 Å². The number of benzene rings is 2. The minimum absolute atomic E-state index is 0.0639. The Hall–Kier alpha value is -2.46. The lowest BCUT2D eigenvalue weighted by atomic mass is 9.61. The molecule has 2 aromatic carbocycles. The smallest absolute Gasteiger partial charge is 0.251 e. The fraction of sp³-hybridized carbons (Fsp3) is 0.462. The molecule has 2 bridgehead atoms. The molecular formula is C26H31NO3. The third kappa shape index (κ3) is 3.01. The van der Waals surface area contributed by atoms with Gasteiger partial charge in [0.1, 0.15) is 0 Å². The Labute approximate surface area is 178 Å². The Morgan fingerprint density at radius 2 is 1.60 bits per heavy atom. The van der Waals surface area contributed by atoms with Gasteiger partial charge in [0.15, 0.2) is 5.78 Å². The van der Waals surface area contributed by atoms with Gasteiger partial charge in [-0.25, -0.2) is 0 Å². The van der Waals surface area contributed by atoms with Crippen LogP contribution in [0.25, 0.3) is 0 Å². The van der Waals surface area contributed by atoms with Crippen molar-refractivity contribution < 1.29 is 14.7 Å². The van der Waals surface area contributed by atoms with E-state index in [4.69, 9.17) is 0 Å². The summed E-state index contributed by atoms with van der Waals surface area (Å²) in [6.07, 6.45) is 3.84. The second kappa shape index (κ2) is 7.35. The summed E-state index contributed by atoms with van der Waals surface area (Å²) in [5.41, 5.74) is 0.741. The van der Waals surface area contributed by atoms with Crippen molar-refractivity contribution in [1.29, 1.82) is 0 Å². The second-order valence-corrected chi connectivity index (χ2v) is 9.58. The van der Waals surface area contributed by atoms with Gasteiger partial charge in [-0.1, -0.05) is 63.2 Å². The first kappa shape index (κ1) is 20.8. The largest absolute Gasteiger partial charge is 0.387 e. The number of rotatable bonds is 6. The summed E-state index contributed by atoms with van der Waals surface area (Å²) in [6, 6.07) is 15.8. The molecule has 1 amide bonds. The minimum atomic E-state index is -0.868. The quantitative estimate of drug-likeness (QED) is 0.690. The molecule has 0 aromatic heterocycles. The van der Waals surface area contributed by atoms with Gasteiger partial charge >= 0.3 is 0 Å². The number of carbonyl (C=O) groups excluding carboxylic acids is 2.